The fourth-order valence-electron chi connectivity index (χ4n) is 1.41. The SMILES string of the molecule is O=Cc1cc(Cl)ccc1O.O=Cc1ccccc1C(=O)O. The molecule has 2 N–H and O–H groups in total. The molecule has 2 aromatic rings. The third-order valence-corrected chi connectivity index (χ3v) is 2.67. The van der Waals surface area contributed by atoms with E-state index in [2.05, 4.69) is 0 Å². The average Bonchev–Trinajstić information content (AvgIpc) is 2.50. The second-order valence-corrected chi connectivity index (χ2v) is 4.27. The second kappa shape index (κ2) is 7.81. The molecule has 2 aromatic carbocycles. The minimum absolute atomic E-state index is 0.0422. The Bertz CT molecular complexity index is 667. The molecule has 0 unspecified atom stereocenters. The molecule has 0 aliphatic carbocycles. The van der Waals surface area contributed by atoms with Crippen molar-refractivity contribution in [3.05, 3.63) is 64.2 Å². The summed E-state index contributed by atoms with van der Waals surface area (Å²) in [7, 11) is 0. The molecule has 0 atom stereocenters. The number of hydrogen-bond acceptors (Lipinski definition) is 4. The summed E-state index contributed by atoms with van der Waals surface area (Å²) in [6, 6.07) is 10.4. The number of hydrogen-bond donors (Lipinski definition) is 2. The Morgan fingerprint density at radius 2 is 1.62 bits per heavy atom. The van der Waals surface area contributed by atoms with Crippen LogP contribution < -0.4 is 0 Å². The molecule has 0 spiro atoms. The maximum Gasteiger partial charge on any atom is 0.336 e. The van der Waals surface area contributed by atoms with Crippen LogP contribution in [0.15, 0.2) is 42.5 Å². The summed E-state index contributed by atoms with van der Waals surface area (Å²) in [6.07, 6.45) is 1.09. The highest BCUT2D eigenvalue weighted by Gasteiger charge is 2.06. The van der Waals surface area contributed by atoms with Gasteiger partial charge in [-0.25, -0.2) is 4.79 Å². The third kappa shape index (κ3) is 4.74. The molecule has 0 saturated heterocycles. The van der Waals surface area contributed by atoms with Crippen LogP contribution in [0.1, 0.15) is 31.1 Å². The van der Waals surface area contributed by atoms with Gasteiger partial charge in [-0.15, -0.1) is 0 Å². The molecule has 5 nitrogen and oxygen atoms in total. The number of phenolic OH excluding ortho intramolecular Hbond substituents is 1. The van der Waals surface area contributed by atoms with Crippen molar-refractivity contribution < 1.29 is 24.6 Å². The molecule has 0 aliphatic rings. The molecule has 21 heavy (non-hydrogen) atoms. The van der Waals surface area contributed by atoms with E-state index in [-0.39, 0.29) is 22.4 Å². The number of aromatic hydroxyl groups is 1. The van der Waals surface area contributed by atoms with Crippen LogP contribution in [0.5, 0.6) is 5.75 Å². The number of carboxylic acid groups (broad SMARTS) is 1. The van der Waals surface area contributed by atoms with E-state index in [1.165, 1.54) is 30.3 Å². The van der Waals surface area contributed by atoms with Crippen LogP contribution in [-0.2, 0) is 0 Å². The number of carbonyl (C=O) groups is 3. The highest BCUT2D eigenvalue weighted by Crippen LogP contribution is 2.18. The van der Waals surface area contributed by atoms with Crippen LogP contribution in [0.2, 0.25) is 5.02 Å². The maximum absolute atomic E-state index is 10.4. The number of benzene rings is 2. The van der Waals surface area contributed by atoms with Gasteiger partial charge >= 0.3 is 5.97 Å². The normalized spacial score (nSPS) is 9.19. The van der Waals surface area contributed by atoms with Crippen molar-refractivity contribution >= 4 is 30.1 Å². The summed E-state index contributed by atoms with van der Waals surface area (Å²) in [5.74, 6) is -1.12. The molecule has 0 saturated carbocycles. The van der Waals surface area contributed by atoms with Gasteiger partial charge in [-0.2, -0.15) is 0 Å². The van der Waals surface area contributed by atoms with Crippen molar-refractivity contribution in [1.29, 1.82) is 0 Å². The van der Waals surface area contributed by atoms with Gasteiger partial charge in [0, 0.05) is 10.6 Å². The van der Waals surface area contributed by atoms with Crippen LogP contribution in [-0.4, -0.2) is 28.8 Å². The van der Waals surface area contributed by atoms with Crippen molar-refractivity contribution in [3.63, 3.8) is 0 Å². The minimum atomic E-state index is -1.08. The van der Waals surface area contributed by atoms with E-state index in [0.29, 0.717) is 17.6 Å². The predicted molar refractivity (Wildman–Crippen MR) is 77.3 cm³/mol. The van der Waals surface area contributed by atoms with E-state index in [0.717, 1.165) is 0 Å². The van der Waals surface area contributed by atoms with Gasteiger partial charge in [0.2, 0.25) is 0 Å². The zero-order chi connectivity index (χ0) is 15.8. The summed E-state index contributed by atoms with van der Waals surface area (Å²) in [4.78, 5) is 30.9. The van der Waals surface area contributed by atoms with Crippen LogP contribution in [0, 0.1) is 0 Å². The highest BCUT2D eigenvalue weighted by molar-refractivity contribution is 6.30. The van der Waals surface area contributed by atoms with Crippen molar-refractivity contribution in [2.75, 3.05) is 0 Å². The van der Waals surface area contributed by atoms with Crippen LogP contribution in [0.4, 0.5) is 0 Å². The van der Waals surface area contributed by atoms with Crippen LogP contribution in [0.25, 0.3) is 0 Å². The van der Waals surface area contributed by atoms with Crippen molar-refractivity contribution in [2.45, 2.75) is 0 Å². The fourth-order valence-corrected chi connectivity index (χ4v) is 1.59. The van der Waals surface area contributed by atoms with Crippen LogP contribution >= 0.6 is 11.6 Å². The Morgan fingerprint density at radius 1 is 1.00 bits per heavy atom. The van der Waals surface area contributed by atoms with Gasteiger partial charge in [0.25, 0.3) is 0 Å². The van der Waals surface area contributed by atoms with E-state index in [1.807, 2.05) is 0 Å². The van der Waals surface area contributed by atoms with E-state index >= 15 is 0 Å². The Balaban J connectivity index is 0.000000211. The Labute approximate surface area is 125 Å². The van der Waals surface area contributed by atoms with Gasteiger partial charge in [0.05, 0.1) is 11.1 Å². The lowest BCUT2D eigenvalue weighted by molar-refractivity contribution is 0.0694. The largest absolute Gasteiger partial charge is 0.507 e. The number of aromatic carboxylic acids is 1. The molecular weight excluding hydrogens is 296 g/mol. The summed E-state index contributed by atoms with van der Waals surface area (Å²) >= 11 is 5.53. The number of carbonyl (C=O) groups excluding carboxylic acids is 2. The average molecular weight is 307 g/mol. The van der Waals surface area contributed by atoms with Gasteiger partial charge in [-0.3, -0.25) is 9.59 Å². The fraction of sp³-hybridized carbons (Fsp3) is 0. The molecular formula is C15H11ClO5. The minimum Gasteiger partial charge on any atom is -0.507 e. The lowest BCUT2D eigenvalue weighted by atomic mass is 10.1. The van der Waals surface area contributed by atoms with Crippen molar-refractivity contribution in [1.82, 2.24) is 0 Å². The van der Waals surface area contributed by atoms with Crippen LogP contribution in [0.3, 0.4) is 0 Å². The standard InChI is InChI=1S/C8H6O3.C7H5ClO2/c9-5-6-3-1-2-4-7(6)8(10)11;8-6-1-2-7(10)5(3-6)4-9/h1-5H,(H,10,11);1-4,10H. The summed E-state index contributed by atoms with van der Waals surface area (Å²) in [5.41, 5.74) is 0.468. The number of carboxylic acids is 1. The van der Waals surface area contributed by atoms with E-state index in [1.54, 1.807) is 12.1 Å². The first-order chi connectivity index (χ1) is 9.99. The Hall–Kier alpha value is -2.66. The smallest absolute Gasteiger partial charge is 0.336 e. The van der Waals surface area contributed by atoms with E-state index < -0.39 is 5.97 Å². The topological polar surface area (TPSA) is 91.7 Å². The number of aldehydes is 2. The molecule has 0 aromatic heterocycles. The third-order valence-electron chi connectivity index (χ3n) is 2.43. The molecule has 0 fully saturated rings. The van der Waals surface area contributed by atoms with Crippen molar-refractivity contribution in [2.24, 2.45) is 0 Å². The van der Waals surface area contributed by atoms with Gasteiger partial charge in [0.15, 0.2) is 12.6 Å². The molecule has 0 bridgehead atoms. The molecule has 0 radical (unpaired) electrons. The van der Waals surface area contributed by atoms with E-state index in [4.69, 9.17) is 21.8 Å². The molecule has 108 valence electrons. The quantitative estimate of drug-likeness (QED) is 0.850. The van der Waals surface area contributed by atoms with Gasteiger partial charge in [-0.05, 0) is 24.3 Å². The Kier molecular flexibility index (Phi) is 6.10. The van der Waals surface area contributed by atoms with Gasteiger partial charge < -0.3 is 10.2 Å². The molecule has 0 aliphatic heterocycles. The number of rotatable bonds is 3. The lowest BCUT2D eigenvalue weighted by Gasteiger charge is -1.95. The molecule has 0 heterocycles. The molecule has 2 rings (SSSR count). The summed E-state index contributed by atoms with van der Waals surface area (Å²) < 4.78 is 0. The number of phenols is 1. The first-order valence-electron chi connectivity index (χ1n) is 5.70. The first kappa shape index (κ1) is 16.4. The van der Waals surface area contributed by atoms with Gasteiger partial charge in [0.1, 0.15) is 5.75 Å². The lowest BCUT2D eigenvalue weighted by Crippen LogP contribution is -2.00. The zero-order valence-corrected chi connectivity index (χ0v) is 11.4. The maximum atomic E-state index is 10.4. The first-order valence-corrected chi connectivity index (χ1v) is 6.08. The monoisotopic (exact) mass is 306 g/mol. The molecule has 0 amide bonds. The van der Waals surface area contributed by atoms with Gasteiger partial charge in [-0.1, -0.05) is 29.8 Å². The summed E-state index contributed by atoms with van der Waals surface area (Å²) in [6.45, 7) is 0. The second-order valence-electron chi connectivity index (χ2n) is 3.83. The molecule has 6 heteroatoms. The zero-order valence-electron chi connectivity index (χ0n) is 10.7. The highest BCUT2D eigenvalue weighted by atomic mass is 35.5. The van der Waals surface area contributed by atoms with E-state index in [9.17, 15) is 14.4 Å². The van der Waals surface area contributed by atoms with Crippen molar-refractivity contribution in [3.8, 4) is 5.75 Å². The number of halogens is 1. The predicted octanol–water partition coefficient (Wildman–Crippen LogP) is 3.06. The summed E-state index contributed by atoms with van der Waals surface area (Å²) in [5, 5.41) is 17.9. The Morgan fingerprint density at radius 3 is 2.10 bits per heavy atom.